The molecule has 0 saturated carbocycles. The predicted molar refractivity (Wildman–Crippen MR) is 54.3 cm³/mol. The summed E-state index contributed by atoms with van der Waals surface area (Å²) in [7, 11) is 0. The summed E-state index contributed by atoms with van der Waals surface area (Å²) in [5.41, 5.74) is 0. The molecule has 1 unspecified atom stereocenters. The highest BCUT2D eigenvalue weighted by atomic mass is 16.3. The molecule has 0 aliphatic heterocycles. The molecule has 2 nitrogen and oxygen atoms in total. The fourth-order valence-corrected chi connectivity index (χ4v) is 1.79. The van der Waals surface area contributed by atoms with Crippen LogP contribution in [0, 0.1) is 12.8 Å². The fourth-order valence-electron chi connectivity index (χ4n) is 1.79. The van der Waals surface area contributed by atoms with E-state index >= 15 is 0 Å². The Labute approximate surface area is 83.6 Å². The minimum absolute atomic E-state index is 0.120. The maximum Gasteiger partial charge on any atom is 0.198 e. The van der Waals surface area contributed by atoms with Gasteiger partial charge in [0.15, 0.2) is 11.5 Å². The van der Waals surface area contributed by atoms with Gasteiger partial charge in [-0.3, -0.25) is 4.79 Å². The largest absolute Gasteiger partial charge is 0.458 e. The molecule has 74 valence electrons. The maximum absolute atomic E-state index is 11.7. The molecule has 1 aliphatic carbocycles. The molecule has 0 N–H and O–H groups in total. The van der Waals surface area contributed by atoms with Gasteiger partial charge in [0.05, 0.1) is 0 Å². The van der Waals surface area contributed by atoms with Crippen LogP contribution < -0.4 is 0 Å². The summed E-state index contributed by atoms with van der Waals surface area (Å²) >= 11 is 0. The van der Waals surface area contributed by atoms with Crippen LogP contribution in [0.3, 0.4) is 0 Å². The summed E-state index contributed by atoms with van der Waals surface area (Å²) in [6.45, 7) is 1.85. The third kappa shape index (κ3) is 1.95. The average Bonchev–Trinajstić information content (AvgIpc) is 2.75. The van der Waals surface area contributed by atoms with Crippen LogP contribution in [0.2, 0.25) is 0 Å². The number of carbonyl (C=O) groups is 1. The molecule has 0 fully saturated rings. The van der Waals surface area contributed by atoms with E-state index in [0.717, 1.165) is 18.6 Å². The van der Waals surface area contributed by atoms with Gasteiger partial charge in [-0.05, 0) is 37.8 Å². The highest BCUT2D eigenvalue weighted by molar-refractivity contribution is 5.93. The van der Waals surface area contributed by atoms with Crippen molar-refractivity contribution in [3.8, 4) is 0 Å². The first-order chi connectivity index (χ1) is 6.75. The van der Waals surface area contributed by atoms with Gasteiger partial charge in [-0.1, -0.05) is 12.2 Å². The molecule has 2 rings (SSSR count). The molecule has 1 heterocycles. The Bertz CT molecular complexity index is 360. The summed E-state index contributed by atoms with van der Waals surface area (Å²) in [5.74, 6) is 1.85. The van der Waals surface area contributed by atoms with E-state index in [1.165, 1.54) is 0 Å². The van der Waals surface area contributed by atoms with Crippen LogP contribution >= 0.6 is 0 Å². The molecule has 0 bridgehead atoms. The summed E-state index contributed by atoms with van der Waals surface area (Å²) < 4.78 is 5.28. The second-order valence-corrected chi connectivity index (χ2v) is 3.80. The molecular weight excluding hydrogens is 176 g/mol. The van der Waals surface area contributed by atoms with Crippen LogP contribution in [-0.4, -0.2) is 5.78 Å². The number of furan rings is 1. The second-order valence-electron chi connectivity index (χ2n) is 3.80. The molecule has 1 aliphatic rings. The van der Waals surface area contributed by atoms with Crippen molar-refractivity contribution in [2.24, 2.45) is 5.92 Å². The van der Waals surface area contributed by atoms with Crippen molar-refractivity contribution in [1.82, 2.24) is 0 Å². The number of hydrogen-bond acceptors (Lipinski definition) is 2. The Kier molecular flexibility index (Phi) is 2.53. The second kappa shape index (κ2) is 3.82. The van der Waals surface area contributed by atoms with Gasteiger partial charge >= 0.3 is 0 Å². The zero-order chi connectivity index (χ0) is 9.97. The van der Waals surface area contributed by atoms with Crippen molar-refractivity contribution in [3.05, 3.63) is 35.8 Å². The molecule has 1 atom stereocenters. The lowest BCUT2D eigenvalue weighted by molar-refractivity contribution is 0.0940. The van der Waals surface area contributed by atoms with Crippen LogP contribution in [0.4, 0.5) is 0 Å². The summed E-state index contributed by atoms with van der Waals surface area (Å²) in [4.78, 5) is 11.7. The lowest BCUT2D eigenvalue weighted by Gasteiger charge is -2.03. The van der Waals surface area contributed by atoms with E-state index in [-0.39, 0.29) is 5.78 Å². The van der Waals surface area contributed by atoms with Gasteiger partial charge in [0.1, 0.15) is 5.76 Å². The van der Waals surface area contributed by atoms with Gasteiger partial charge in [-0.2, -0.15) is 0 Å². The molecule has 0 spiro atoms. The van der Waals surface area contributed by atoms with Crippen LogP contribution in [0.15, 0.2) is 28.7 Å². The normalized spacial score (nSPS) is 20.2. The molecule has 0 aromatic carbocycles. The Morgan fingerprint density at radius 1 is 1.57 bits per heavy atom. The summed E-state index contributed by atoms with van der Waals surface area (Å²) in [6, 6.07) is 3.59. The maximum atomic E-state index is 11.7. The Morgan fingerprint density at radius 2 is 2.43 bits per heavy atom. The van der Waals surface area contributed by atoms with E-state index < -0.39 is 0 Å². The molecule has 0 radical (unpaired) electrons. The van der Waals surface area contributed by atoms with E-state index in [9.17, 15) is 4.79 Å². The van der Waals surface area contributed by atoms with E-state index in [0.29, 0.717) is 18.1 Å². The Morgan fingerprint density at radius 3 is 3.00 bits per heavy atom. The van der Waals surface area contributed by atoms with Gasteiger partial charge in [-0.15, -0.1) is 0 Å². The van der Waals surface area contributed by atoms with Gasteiger partial charge in [0, 0.05) is 6.42 Å². The van der Waals surface area contributed by atoms with Crippen molar-refractivity contribution < 1.29 is 9.21 Å². The number of aryl methyl sites for hydroxylation is 1. The minimum Gasteiger partial charge on any atom is -0.458 e. The predicted octanol–water partition coefficient (Wildman–Crippen LogP) is 3.13. The number of allylic oxidation sites excluding steroid dienone is 2. The van der Waals surface area contributed by atoms with E-state index in [2.05, 4.69) is 12.2 Å². The number of ketones is 1. The summed E-state index contributed by atoms with van der Waals surface area (Å²) in [5, 5.41) is 0. The third-order valence-corrected chi connectivity index (χ3v) is 2.58. The lowest BCUT2D eigenvalue weighted by Crippen LogP contribution is -2.03. The SMILES string of the molecule is Cc1ccc(C(=O)CC2C=CCC2)o1. The number of Topliss-reactive ketones (excluding diaryl/α,β-unsaturated/α-hetero) is 1. The number of rotatable bonds is 3. The molecule has 2 heteroatoms. The summed E-state index contributed by atoms with van der Waals surface area (Å²) in [6.07, 6.45) is 7.07. The first kappa shape index (κ1) is 9.25. The smallest absolute Gasteiger partial charge is 0.198 e. The number of hydrogen-bond donors (Lipinski definition) is 0. The fraction of sp³-hybridized carbons (Fsp3) is 0.417. The van der Waals surface area contributed by atoms with Crippen LogP contribution in [-0.2, 0) is 0 Å². The molecule has 1 aromatic rings. The highest BCUT2D eigenvalue weighted by Gasteiger charge is 2.17. The molecular formula is C12H14O2. The third-order valence-electron chi connectivity index (χ3n) is 2.58. The highest BCUT2D eigenvalue weighted by Crippen LogP contribution is 2.22. The molecule has 1 aromatic heterocycles. The quantitative estimate of drug-likeness (QED) is 0.541. The van der Waals surface area contributed by atoms with Gasteiger partial charge in [0.2, 0.25) is 0 Å². The lowest BCUT2D eigenvalue weighted by atomic mass is 10.0. The van der Waals surface area contributed by atoms with Crippen molar-refractivity contribution in [1.29, 1.82) is 0 Å². The molecule has 0 saturated heterocycles. The van der Waals surface area contributed by atoms with Crippen LogP contribution in [0.1, 0.15) is 35.6 Å². The Balaban J connectivity index is 1.98. The monoisotopic (exact) mass is 190 g/mol. The molecule has 14 heavy (non-hydrogen) atoms. The number of carbonyl (C=O) groups excluding carboxylic acids is 1. The van der Waals surface area contributed by atoms with Crippen molar-refractivity contribution in [2.75, 3.05) is 0 Å². The zero-order valence-electron chi connectivity index (χ0n) is 8.32. The van der Waals surface area contributed by atoms with Crippen molar-refractivity contribution >= 4 is 5.78 Å². The minimum atomic E-state index is 0.120. The topological polar surface area (TPSA) is 30.2 Å². The van der Waals surface area contributed by atoms with E-state index in [1.807, 2.05) is 13.0 Å². The van der Waals surface area contributed by atoms with E-state index in [1.54, 1.807) is 6.07 Å². The first-order valence-corrected chi connectivity index (χ1v) is 5.02. The van der Waals surface area contributed by atoms with Gasteiger partial charge < -0.3 is 4.42 Å². The van der Waals surface area contributed by atoms with Crippen molar-refractivity contribution in [2.45, 2.75) is 26.2 Å². The van der Waals surface area contributed by atoms with Crippen LogP contribution in [0.5, 0.6) is 0 Å². The van der Waals surface area contributed by atoms with Crippen molar-refractivity contribution in [3.63, 3.8) is 0 Å². The standard InChI is InChI=1S/C12H14O2/c1-9-6-7-12(14-9)11(13)8-10-4-2-3-5-10/h2,4,6-7,10H,3,5,8H2,1H3. The van der Waals surface area contributed by atoms with E-state index in [4.69, 9.17) is 4.42 Å². The van der Waals surface area contributed by atoms with Gasteiger partial charge in [-0.25, -0.2) is 0 Å². The zero-order valence-corrected chi connectivity index (χ0v) is 8.32. The molecule has 0 amide bonds. The Hall–Kier alpha value is -1.31. The van der Waals surface area contributed by atoms with Gasteiger partial charge in [0.25, 0.3) is 0 Å². The average molecular weight is 190 g/mol. The van der Waals surface area contributed by atoms with Crippen LogP contribution in [0.25, 0.3) is 0 Å². The first-order valence-electron chi connectivity index (χ1n) is 5.02.